The number of methoxy groups -OCH3 is 1. The summed E-state index contributed by atoms with van der Waals surface area (Å²) in [6, 6.07) is 9.97. The number of rotatable bonds is 8. The second kappa shape index (κ2) is 11.3. The number of thioether (sulfide) groups is 1. The number of nitrogens with one attached hydrogen (secondary N) is 2. The van der Waals surface area contributed by atoms with E-state index in [4.69, 9.17) is 9.15 Å². The third-order valence-corrected chi connectivity index (χ3v) is 6.64. The predicted octanol–water partition coefficient (Wildman–Crippen LogP) is 3.85. The molecule has 2 N–H and O–H groups in total. The van der Waals surface area contributed by atoms with Crippen LogP contribution < -0.4 is 20.3 Å². The summed E-state index contributed by atoms with van der Waals surface area (Å²) in [4.78, 5) is 26.9. The van der Waals surface area contributed by atoms with E-state index < -0.39 is 11.9 Å². The molecule has 0 bridgehead atoms. The van der Waals surface area contributed by atoms with E-state index in [1.807, 2.05) is 16.7 Å². The van der Waals surface area contributed by atoms with E-state index in [-0.39, 0.29) is 5.75 Å². The fraction of sp³-hybridized carbons (Fsp3) is 0.417. The van der Waals surface area contributed by atoms with Crippen molar-refractivity contribution in [3.8, 4) is 5.75 Å². The Labute approximate surface area is 208 Å². The molecule has 1 aliphatic heterocycles. The van der Waals surface area contributed by atoms with Gasteiger partial charge in [0.05, 0.1) is 25.7 Å². The number of nitrogens with zero attached hydrogens (tertiary/aromatic N) is 4. The number of carbonyl (C=O) groups excluding carboxylic acids is 2. The molecule has 3 heterocycles. The summed E-state index contributed by atoms with van der Waals surface area (Å²) in [7, 11) is 1.57. The third-order valence-electron chi connectivity index (χ3n) is 5.68. The van der Waals surface area contributed by atoms with Crippen LogP contribution in [0.25, 0.3) is 0 Å². The molecular formula is C24H30N6O4S. The van der Waals surface area contributed by atoms with Gasteiger partial charge in [-0.15, -0.1) is 10.2 Å². The zero-order chi connectivity index (χ0) is 24.8. The largest absolute Gasteiger partial charge is 0.497 e. The molecule has 35 heavy (non-hydrogen) atoms. The van der Waals surface area contributed by atoms with E-state index in [9.17, 15) is 9.59 Å². The molecule has 1 saturated heterocycles. The Bertz CT molecular complexity index is 1120. The van der Waals surface area contributed by atoms with Gasteiger partial charge in [-0.25, -0.2) is 4.79 Å². The second-order valence-electron chi connectivity index (χ2n) is 8.82. The number of furan rings is 1. The fourth-order valence-electron chi connectivity index (χ4n) is 4.27. The van der Waals surface area contributed by atoms with Gasteiger partial charge in [0.1, 0.15) is 11.5 Å². The van der Waals surface area contributed by atoms with Crippen molar-refractivity contribution in [3.05, 3.63) is 48.4 Å². The number of urea groups is 1. The first kappa shape index (κ1) is 24.6. The Kier molecular flexibility index (Phi) is 7.96. The van der Waals surface area contributed by atoms with Crippen LogP contribution in [0.5, 0.6) is 5.75 Å². The average Bonchev–Trinajstić information content (AvgIpc) is 3.48. The van der Waals surface area contributed by atoms with Crippen LogP contribution in [0.1, 0.15) is 26.0 Å². The highest BCUT2D eigenvalue weighted by atomic mass is 32.2. The monoisotopic (exact) mass is 498 g/mol. The summed E-state index contributed by atoms with van der Waals surface area (Å²) in [5, 5.41) is 14.4. The minimum Gasteiger partial charge on any atom is -0.497 e. The number of amides is 3. The summed E-state index contributed by atoms with van der Waals surface area (Å²) in [6.07, 6.45) is 2.81. The molecule has 10 nitrogen and oxygen atoms in total. The molecule has 0 radical (unpaired) electrons. The molecular weight excluding hydrogens is 468 g/mol. The maximum absolute atomic E-state index is 12.4. The van der Waals surface area contributed by atoms with Gasteiger partial charge in [-0.3, -0.25) is 14.7 Å². The van der Waals surface area contributed by atoms with Crippen LogP contribution in [0.2, 0.25) is 0 Å². The van der Waals surface area contributed by atoms with E-state index in [0.29, 0.717) is 35.0 Å². The number of aromatic nitrogens is 3. The minimum absolute atomic E-state index is 0.0130. The summed E-state index contributed by atoms with van der Waals surface area (Å²) < 4.78 is 12.6. The standard InChI is InChI=1S/C24H30N6O4S/c1-16-11-17(2)13-29(12-16)23-27-28-24(30(23)14-20-5-4-10-34-20)35-15-21(31)26-22(32)25-18-6-8-19(33-3)9-7-18/h4-10,16-17H,11-15H2,1-3H3,(H2,25,26,31,32). The number of piperidine rings is 1. The van der Waals surface area contributed by atoms with Crippen LogP contribution in [0, 0.1) is 11.8 Å². The fourth-order valence-corrected chi connectivity index (χ4v) is 5.01. The van der Waals surface area contributed by atoms with Gasteiger partial charge in [-0.05, 0) is 54.7 Å². The molecule has 0 saturated carbocycles. The molecule has 11 heteroatoms. The summed E-state index contributed by atoms with van der Waals surface area (Å²) in [5.41, 5.74) is 0.552. The zero-order valence-electron chi connectivity index (χ0n) is 20.1. The van der Waals surface area contributed by atoms with Crippen LogP contribution in [-0.4, -0.2) is 52.7 Å². The second-order valence-corrected chi connectivity index (χ2v) is 9.76. The van der Waals surface area contributed by atoms with Crippen molar-refractivity contribution in [1.82, 2.24) is 20.1 Å². The Morgan fingerprint density at radius 3 is 2.54 bits per heavy atom. The molecule has 186 valence electrons. The topological polar surface area (TPSA) is 115 Å². The molecule has 4 rings (SSSR count). The van der Waals surface area contributed by atoms with Gasteiger partial charge in [-0.1, -0.05) is 25.6 Å². The first-order valence-electron chi connectivity index (χ1n) is 11.5. The first-order chi connectivity index (χ1) is 16.9. The number of anilines is 2. The van der Waals surface area contributed by atoms with Crippen LogP contribution in [0.15, 0.2) is 52.2 Å². The molecule has 0 spiro atoms. The highest BCUT2D eigenvalue weighted by Gasteiger charge is 2.27. The number of hydrogen-bond acceptors (Lipinski definition) is 8. The van der Waals surface area contributed by atoms with Crippen molar-refractivity contribution in [3.63, 3.8) is 0 Å². The Morgan fingerprint density at radius 1 is 1.14 bits per heavy atom. The average molecular weight is 499 g/mol. The Morgan fingerprint density at radius 2 is 1.89 bits per heavy atom. The normalized spacial score (nSPS) is 17.7. The molecule has 2 unspecified atom stereocenters. The van der Waals surface area contributed by atoms with Gasteiger partial charge in [-0.2, -0.15) is 0 Å². The summed E-state index contributed by atoms with van der Waals surface area (Å²) in [6.45, 7) is 6.74. The maximum atomic E-state index is 12.4. The van der Waals surface area contributed by atoms with Gasteiger partial charge in [0.25, 0.3) is 0 Å². The number of ether oxygens (including phenoxy) is 1. The highest BCUT2D eigenvalue weighted by Crippen LogP contribution is 2.29. The van der Waals surface area contributed by atoms with E-state index in [2.05, 4.69) is 39.6 Å². The van der Waals surface area contributed by atoms with Crippen LogP contribution in [0.3, 0.4) is 0 Å². The van der Waals surface area contributed by atoms with Crippen molar-refractivity contribution >= 4 is 35.3 Å². The lowest BCUT2D eigenvalue weighted by atomic mass is 9.92. The van der Waals surface area contributed by atoms with Gasteiger partial charge in [0, 0.05) is 18.8 Å². The molecule has 1 fully saturated rings. The molecule has 3 amide bonds. The van der Waals surface area contributed by atoms with E-state index in [1.54, 1.807) is 37.6 Å². The van der Waals surface area contributed by atoms with E-state index in [0.717, 1.165) is 24.8 Å². The SMILES string of the molecule is COc1ccc(NC(=O)NC(=O)CSc2nnc(N3CC(C)CC(C)C3)n2Cc2ccco2)cc1. The lowest BCUT2D eigenvalue weighted by Gasteiger charge is -2.35. The lowest BCUT2D eigenvalue weighted by Crippen LogP contribution is -2.40. The minimum atomic E-state index is -0.602. The molecule has 1 aromatic carbocycles. The number of hydrogen-bond donors (Lipinski definition) is 2. The number of imide groups is 1. The van der Waals surface area contributed by atoms with E-state index in [1.165, 1.54) is 18.2 Å². The number of carbonyl (C=O) groups is 2. The van der Waals surface area contributed by atoms with Gasteiger partial charge < -0.3 is 19.4 Å². The van der Waals surface area contributed by atoms with E-state index >= 15 is 0 Å². The molecule has 0 aliphatic carbocycles. The van der Waals surface area contributed by atoms with Gasteiger partial charge >= 0.3 is 6.03 Å². The summed E-state index contributed by atoms with van der Waals surface area (Å²) in [5.74, 6) is 2.90. The van der Waals surface area contributed by atoms with Gasteiger partial charge in [0.15, 0.2) is 5.16 Å². The molecule has 3 aromatic rings. The first-order valence-corrected chi connectivity index (χ1v) is 12.5. The van der Waals surface area contributed by atoms with Crippen molar-refractivity contribution in [1.29, 1.82) is 0 Å². The van der Waals surface area contributed by atoms with Crippen LogP contribution in [-0.2, 0) is 11.3 Å². The number of benzene rings is 1. The smallest absolute Gasteiger partial charge is 0.325 e. The molecule has 2 aromatic heterocycles. The van der Waals surface area contributed by atoms with Crippen LogP contribution >= 0.6 is 11.8 Å². The van der Waals surface area contributed by atoms with Crippen molar-refractivity contribution < 1.29 is 18.7 Å². The van der Waals surface area contributed by atoms with Crippen molar-refractivity contribution in [2.45, 2.75) is 32.0 Å². The van der Waals surface area contributed by atoms with Crippen molar-refractivity contribution in [2.75, 3.05) is 36.2 Å². The Hall–Kier alpha value is -3.47. The lowest BCUT2D eigenvalue weighted by molar-refractivity contribution is -0.117. The Balaban J connectivity index is 1.39. The predicted molar refractivity (Wildman–Crippen MR) is 134 cm³/mol. The van der Waals surface area contributed by atoms with Crippen molar-refractivity contribution in [2.24, 2.45) is 11.8 Å². The van der Waals surface area contributed by atoms with Crippen LogP contribution in [0.4, 0.5) is 16.4 Å². The summed E-state index contributed by atoms with van der Waals surface area (Å²) >= 11 is 1.23. The maximum Gasteiger partial charge on any atom is 0.325 e. The zero-order valence-corrected chi connectivity index (χ0v) is 20.9. The molecule has 2 atom stereocenters. The third kappa shape index (κ3) is 6.56. The highest BCUT2D eigenvalue weighted by molar-refractivity contribution is 7.99. The quantitative estimate of drug-likeness (QED) is 0.450. The molecule has 1 aliphatic rings. The van der Waals surface area contributed by atoms with Gasteiger partial charge in [0.2, 0.25) is 11.9 Å².